The molecular formula is C14H23F3N4O3S. The van der Waals surface area contributed by atoms with E-state index in [2.05, 4.69) is 15.4 Å². The highest BCUT2D eigenvalue weighted by atomic mass is 32.2. The largest absolute Gasteiger partial charge is 0.389 e. The Morgan fingerprint density at radius 2 is 1.68 bits per heavy atom. The number of carbonyl (C=O) groups is 1. The summed E-state index contributed by atoms with van der Waals surface area (Å²) in [5.74, 6) is -1.33. The molecule has 0 radical (unpaired) electrons. The maximum absolute atomic E-state index is 12.4. The van der Waals surface area contributed by atoms with Gasteiger partial charge in [-0.25, -0.2) is 8.42 Å². The molecule has 0 aliphatic carbocycles. The quantitative estimate of drug-likeness (QED) is 0.714. The van der Waals surface area contributed by atoms with E-state index >= 15 is 0 Å². The first-order valence-electron chi connectivity index (χ1n) is 7.68. The van der Waals surface area contributed by atoms with Gasteiger partial charge in [0.05, 0.1) is 17.7 Å². The molecule has 0 unspecified atom stereocenters. The second kappa shape index (κ2) is 7.00. The van der Waals surface area contributed by atoms with Gasteiger partial charge in [0.25, 0.3) is 0 Å². The van der Waals surface area contributed by atoms with Crippen LogP contribution in [0, 0.1) is 0 Å². The summed E-state index contributed by atoms with van der Waals surface area (Å²) >= 11 is 0. The summed E-state index contributed by atoms with van der Waals surface area (Å²) in [4.78, 5) is 13.7. The highest BCUT2D eigenvalue weighted by Gasteiger charge is 2.42. The third kappa shape index (κ3) is 5.75. The van der Waals surface area contributed by atoms with Crippen molar-refractivity contribution in [2.75, 3.05) is 5.75 Å². The Morgan fingerprint density at radius 1 is 1.12 bits per heavy atom. The van der Waals surface area contributed by atoms with Gasteiger partial charge in [-0.05, 0) is 46.3 Å². The van der Waals surface area contributed by atoms with E-state index in [-0.39, 0.29) is 12.2 Å². The number of carbonyl (C=O) groups excluding carboxylic acids is 1. The highest BCUT2D eigenvalue weighted by Crippen LogP contribution is 2.25. The number of hydrogen-bond donors (Lipinski definition) is 0. The van der Waals surface area contributed by atoms with Gasteiger partial charge in [-0.2, -0.15) is 18.0 Å². The molecule has 0 spiro atoms. The van der Waals surface area contributed by atoms with Gasteiger partial charge in [0.15, 0.2) is 21.4 Å². The zero-order valence-electron chi connectivity index (χ0n) is 14.9. The number of tetrazole rings is 1. The minimum absolute atomic E-state index is 0.0680. The Morgan fingerprint density at radius 3 is 2.12 bits per heavy atom. The van der Waals surface area contributed by atoms with Gasteiger partial charge >= 0.3 is 6.18 Å². The minimum atomic E-state index is -4.43. The summed E-state index contributed by atoms with van der Waals surface area (Å²) in [5.41, 5.74) is -0.451. The fourth-order valence-corrected chi connectivity index (χ4v) is 3.30. The number of Topliss-reactive ketones (excluding diaryl/α,β-unsaturated/α-hetero) is 1. The number of rotatable bonds is 7. The van der Waals surface area contributed by atoms with Gasteiger partial charge in [0.2, 0.25) is 0 Å². The monoisotopic (exact) mass is 384 g/mol. The first kappa shape index (κ1) is 21.5. The summed E-state index contributed by atoms with van der Waals surface area (Å²) in [6.07, 6.45) is -6.58. The van der Waals surface area contributed by atoms with Gasteiger partial charge in [-0.15, -0.1) is 10.2 Å². The summed E-state index contributed by atoms with van der Waals surface area (Å²) < 4.78 is 59.3. The topological polar surface area (TPSA) is 94.8 Å². The Bertz CT molecular complexity index is 718. The zero-order valence-corrected chi connectivity index (χ0v) is 15.7. The second-order valence-electron chi connectivity index (χ2n) is 7.31. The van der Waals surface area contributed by atoms with Crippen LogP contribution in [0.15, 0.2) is 0 Å². The van der Waals surface area contributed by atoms with E-state index in [0.29, 0.717) is 0 Å². The lowest BCUT2D eigenvalue weighted by Crippen LogP contribution is -2.43. The molecule has 0 saturated heterocycles. The lowest BCUT2D eigenvalue weighted by atomic mass is 10.1. The van der Waals surface area contributed by atoms with Gasteiger partial charge in [-0.3, -0.25) is 4.79 Å². The molecule has 0 aromatic carbocycles. The number of nitrogens with zero attached hydrogens (tertiary/aromatic N) is 4. The molecule has 0 saturated carbocycles. The summed E-state index contributed by atoms with van der Waals surface area (Å²) in [7, 11) is -4.06. The normalized spacial score (nSPS) is 13.9. The van der Waals surface area contributed by atoms with Crippen LogP contribution in [0.25, 0.3) is 0 Å². The molecule has 7 nitrogen and oxygen atoms in total. The summed E-state index contributed by atoms with van der Waals surface area (Å²) in [6.45, 7) is 7.86. The molecule has 0 fully saturated rings. The second-order valence-corrected chi connectivity index (χ2v) is 9.97. The molecule has 25 heavy (non-hydrogen) atoms. The number of ketones is 1. The smallest absolute Gasteiger partial charge is 0.297 e. The van der Waals surface area contributed by atoms with E-state index in [0.717, 1.165) is 0 Å². The summed E-state index contributed by atoms with van der Waals surface area (Å²) in [6, 6.07) is 0. The lowest BCUT2D eigenvalue weighted by molar-refractivity contribution is -0.134. The van der Waals surface area contributed by atoms with Crippen molar-refractivity contribution in [3.63, 3.8) is 0 Å². The van der Waals surface area contributed by atoms with Crippen molar-refractivity contribution in [1.82, 2.24) is 20.2 Å². The highest BCUT2D eigenvalue weighted by molar-refractivity contribution is 7.93. The first-order valence-corrected chi connectivity index (χ1v) is 9.33. The molecule has 144 valence electrons. The van der Waals surface area contributed by atoms with Gasteiger partial charge in [-0.1, -0.05) is 0 Å². The maximum Gasteiger partial charge on any atom is 0.389 e. The van der Waals surface area contributed by atoms with Crippen LogP contribution in [-0.2, 0) is 26.6 Å². The van der Waals surface area contributed by atoms with Crippen LogP contribution in [0.1, 0.15) is 53.3 Å². The molecule has 0 N–H and O–H groups in total. The van der Waals surface area contributed by atoms with Crippen molar-refractivity contribution in [3.05, 3.63) is 5.82 Å². The number of aromatic nitrogens is 4. The third-order valence-corrected chi connectivity index (χ3v) is 6.30. The number of hydrogen-bond acceptors (Lipinski definition) is 6. The fraction of sp³-hybridized carbons (Fsp3) is 0.857. The Balaban J connectivity index is 2.82. The molecule has 1 aromatic rings. The van der Waals surface area contributed by atoms with E-state index in [9.17, 15) is 26.4 Å². The van der Waals surface area contributed by atoms with Crippen molar-refractivity contribution < 1.29 is 26.4 Å². The van der Waals surface area contributed by atoms with Crippen LogP contribution < -0.4 is 0 Å². The standard InChI is InChI=1S/C14H23F3N4O3S/c1-12(2,3)21-19-11(18-20-21)9-10(22)13(4,5)25(23,24)8-6-7-14(15,16)17/h6-9H2,1-5H3. The van der Waals surface area contributed by atoms with Crippen LogP contribution in [0.2, 0.25) is 0 Å². The number of halogens is 3. The SMILES string of the molecule is CC(C)(C)n1nnc(CC(=O)C(C)(C)S(=O)(=O)CCCC(F)(F)F)n1. The van der Waals surface area contributed by atoms with E-state index in [1.165, 1.54) is 18.6 Å². The van der Waals surface area contributed by atoms with Crippen LogP contribution >= 0.6 is 0 Å². The average Bonchev–Trinajstić information content (AvgIpc) is 2.84. The maximum atomic E-state index is 12.4. The third-order valence-electron chi connectivity index (χ3n) is 3.70. The molecule has 0 amide bonds. The Kier molecular flexibility index (Phi) is 6.03. The molecule has 0 aliphatic rings. The van der Waals surface area contributed by atoms with E-state index < -0.39 is 50.7 Å². The lowest BCUT2D eigenvalue weighted by Gasteiger charge is -2.23. The van der Waals surface area contributed by atoms with E-state index in [1.807, 2.05) is 20.8 Å². The molecule has 1 aromatic heterocycles. The van der Waals surface area contributed by atoms with Crippen LogP contribution in [-0.4, -0.2) is 51.1 Å². The van der Waals surface area contributed by atoms with Crippen LogP contribution in [0.5, 0.6) is 0 Å². The first-order chi connectivity index (χ1) is 11.1. The van der Waals surface area contributed by atoms with Crippen molar-refractivity contribution in [2.24, 2.45) is 0 Å². The van der Waals surface area contributed by atoms with Crippen molar-refractivity contribution in [1.29, 1.82) is 0 Å². The Hall–Kier alpha value is -1.52. The molecule has 1 rings (SSSR count). The van der Waals surface area contributed by atoms with Crippen molar-refractivity contribution in [3.8, 4) is 0 Å². The Labute approximate surface area is 144 Å². The van der Waals surface area contributed by atoms with Crippen LogP contribution in [0.3, 0.4) is 0 Å². The van der Waals surface area contributed by atoms with E-state index in [1.54, 1.807) is 0 Å². The van der Waals surface area contributed by atoms with Crippen molar-refractivity contribution >= 4 is 15.6 Å². The predicted molar refractivity (Wildman–Crippen MR) is 84.7 cm³/mol. The number of alkyl halides is 3. The van der Waals surface area contributed by atoms with E-state index in [4.69, 9.17) is 0 Å². The minimum Gasteiger partial charge on any atom is -0.297 e. The molecule has 0 aliphatic heterocycles. The molecule has 11 heteroatoms. The van der Waals surface area contributed by atoms with Crippen molar-refractivity contribution in [2.45, 2.75) is 70.3 Å². The van der Waals surface area contributed by atoms with Gasteiger partial charge in [0, 0.05) is 6.42 Å². The fourth-order valence-electron chi connectivity index (χ4n) is 1.85. The predicted octanol–water partition coefficient (Wildman–Crippen LogP) is 2.08. The van der Waals surface area contributed by atoms with Gasteiger partial charge in [0.1, 0.15) is 4.75 Å². The molecule has 0 atom stereocenters. The summed E-state index contributed by atoms with van der Waals surface area (Å²) in [5, 5.41) is 11.6. The molecule has 0 bridgehead atoms. The molecule has 1 heterocycles. The molecular weight excluding hydrogens is 361 g/mol. The average molecular weight is 384 g/mol. The van der Waals surface area contributed by atoms with Crippen LogP contribution in [0.4, 0.5) is 13.2 Å². The number of sulfone groups is 1. The van der Waals surface area contributed by atoms with Gasteiger partial charge < -0.3 is 0 Å². The zero-order chi connectivity index (χ0) is 19.7.